The van der Waals surface area contributed by atoms with Gasteiger partial charge in [-0.2, -0.15) is 0 Å². The third kappa shape index (κ3) is 3.34. The van der Waals surface area contributed by atoms with Crippen LogP contribution in [0, 0.1) is 0 Å². The largest absolute Gasteiger partial charge is 0.481 e. The van der Waals surface area contributed by atoms with E-state index in [1.807, 2.05) is 30.7 Å². The van der Waals surface area contributed by atoms with Gasteiger partial charge in [0.1, 0.15) is 5.69 Å². The van der Waals surface area contributed by atoms with Gasteiger partial charge in [0.2, 0.25) is 0 Å². The van der Waals surface area contributed by atoms with Crippen LogP contribution in [0.1, 0.15) is 30.8 Å². The normalized spacial score (nSPS) is 10.2. The minimum atomic E-state index is -0.887. The molecule has 0 fully saturated rings. The van der Waals surface area contributed by atoms with Crippen molar-refractivity contribution < 1.29 is 14.7 Å². The second-order valence-electron chi connectivity index (χ2n) is 3.71. The number of hydrogen-bond donors (Lipinski definition) is 1. The monoisotopic (exact) mass is 238 g/mol. The first-order valence-corrected chi connectivity index (χ1v) is 5.76. The Labute approximate surface area is 101 Å². The number of aliphatic carboxylic acids is 1. The smallest absolute Gasteiger partial charge is 0.305 e. The van der Waals surface area contributed by atoms with E-state index in [4.69, 9.17) is 5.11 Å². The lowest BCUT2D eigenvalue weighted by Gasteiger charge is -2.20. The van der Waals surface area contributed by atoms with Gasteiger partial charge in [0.25, 0.3) is 5.91 Å². The molecule has 1 rings (SSSR count). The van der Waals surface area contributed by atoms with E-state index in [0.29, 0.717) is 12.2 Å². The highest BCUT2D eigenvalue weighted by atomic mass is 16.4. The minimum absolute atomic E-state index is 0.0214. The van der Waals surface area contributed by atoms with Crippen LogP contribution in [0.5, 0.6) is 0 Å². The van der Waals surface area contributed by atoms with Gasteiger partial charge >= 0.3 is 5.97 Å². The molecule has 0 saturated heterocycles. The summed E-state index contributed by atoms with van der Waals surface area (Å²) in [4.78, 5) is 24.2. The summed E-state index contributed by atoms with van der Waals surface area (Å²) in [5.74, 6) is -0.997. The first-order valence-electron chi connectivity index (χ1n) is 5.76. The van der Waals surface area contributed by atoms with Gasteiger partial charge in [-0.1, -0.05) is 0 Å². The second-order valence-corrected chi connectivity index (χ2v) is 3.71. The molecule has 0 aromatic carbocycles. The average molecular weight is 238 g/mol. The Morgan fingerprint density at radius 3 is 2.65 bits per heavy atom. The predicted molar refractivity (Wildman–Crippen MR) is 63.9 cm³/mol. The molecular formula is C12H18N2O3. The van der Waals surface area contributed by atoms with Gasteiger partial charge in [-0.25, -0.2) is 0 Å². The van der Waals surface area contributed by atoms with E-state index in [1.54, 1.807) is 11.0 Å². The Bertz CT molecular complexity index is 398. The Morgan fingerprint density at radius 1 is 1.41 bits per heavy atom. The molecule has 0 aliphatic carbocycles. The summed E-state index contributed by atoms with van der Waals surface area (Å²) in [6.45, 7) is 5.30. The minimum Gasteiger partial charge on any atom is -0.481 e. The van der Waals surface area contributed by atoms with Crippen molar-refractivity contribution in [1.82, 2.24) is 9.47 Å². The SMILES string of the molecule is CCN(CCC(=O)O)C(=O)c1cccn1CC. The third-order valence-electron chi connectivity index (χ3n) is 2.65. The van der Waals surface area contributed by atoms with Crippen LogP contribution in [-0.4, -0.2) is 39.5 Å². The fourth-order valence-electron chi connectivity index (χ4n) is 1.68. The van der Waals surface area contributed by atoms with E-state index in [2.05, 4.69) is 0 Å². The summed E-state index contributed by atoms with van der Waals surface area (Å²) in [6.07, 6.45) is 1.82. The first kappa shape index (κ1) is 13.3. The Hall–Kier alpha value is -1.78. The average Bonchev–Trinajstić information content (AvgIpc) is 2.77. The number of rotatable bonds is 6. The Kier molecular flexibility index (Phi) is 4.75. The van der Waals surface area contributed by atoms with Crippen LogP contribution < -0.4 is 0 Å². The van der Waals surface area contributed by atoms with E-state index in [-0.39, 0.29) is 18.9 Å². The molecule has 0 atom stereocenters. The first-order chi connectivity index (χ1) is 8.10. The molecule has 0 spiro atoms. The van der Waals surface area contributed by atoms with Crippen molar-refractivity contribution in [3.63, 3.8) is 0 Å². The zero-order chi connectivity index (χ0) is 12.8. The number of carboxylic acid groups (broad SMARTS) is 1. The fourth-order valence-corrected chi connectivity index (χ4v) is 1.68. The maximum atomic E-state index is 12.1. The van der Waals surface area contributed by atoms with E-state index < -0.39 is 5.97 Å². The zero-order valence-corrected chi connectivity index (χ0v) is 10.2. The highest BCUT2D eigenvalue weighted by Gasteiger charge is 2.17. The number of carbonyl (C=O) groups is 2. The van der Waals surface area contributed by atoms with Crippen molar-refractivity contribution >= 4 is 11.9 Å². The number of nitrogens with zero attached hydrogens (tertiary/aromatic N) is 2. The van der Waals surface area contributed by atoms with E-state index in [1.165, 1.54) is 0 Å². The summed E-state index contributed by atoms with van der Waals surface area (Å²) >= 11 is 0. The quantitative estimate of drug-likeness (QED) is 0.815. The van der Waals surface area contributed by atoms with Crippen LogP contribution >= 0.6 is 0 Å². The van der Waals surface area contributed by atoms with Crippen LogP contribution in [0.3, 0.4) is 0 Å². The van der Waals surface area contributed by atoms with Gasteiger partial charge in [-0.15, -0.1) is 0 Å². The van der Waals surface area contributed by atoms with Crippen molar-refractivity contribution in [2.45, 2.75) is 26.8 Å². The van der Waals surface area contributed by atoms with Crippen molar-refractivity contribution in [2.24, 2.45) is 0 Å². The number of hydrogen-bond acceptors (Lipinski definition) is 2. The standard InChI is InChI=1S/C12H18N2O3/c1-3-13-8-5-6-10(13)12(17)14(4-2)9-7-11(15)16/h5-6,8H,3-4,7,9H2,1-2H3,(H,15,16). The molecule has 1 N–H and O–H groups in total. The lowest BCUT2D eigenvalue weighted by molar-refractivity contribution is -0.137. The molecule has 0 radical (unpaired) electrons. The van der Waals surface area contributed by atoms with Crippen LogP contribution in [-0.2, 0) is 11.3 Å². The third-order valence-corrected chi connectivity index (χ3v) is 2.65. The predicted octanol–water partition coefficient (Wildman–Crippen LogP) is 1.44. The summed E-state index contributed by atoms with van der Waals surface area (Å²) in [7, 11) is 0. The molecule has 0 saturated carbocycles. The molecular weight excluding hydrogens is 220 g/mol. The molecule has 1 amide bonds. The fraction of sp³-hybridized carbons (Fsp3) is 0.500. The topological polar surface area (TPSA) is 62.5 Å². The maximum Gasteiger partial charge on any atom is 0.305 e. The second kappa shape index (κ2) is 6.08. The molecule has 5 nitrogen and oxygen atoms in total. The van der Waals surface area contributed by atoms with E-state index >= 15 is 0 Å². The molecule has 5 heteroatoms. The molecule has 0 aliphatic rings. The summed E-state index contributed by atoms with van der Waals surface area (Å²) < 4.78 is 1.85. The molecule has 17 heavy (non-hydrogen) atoms. The number of aromatic nitrogens is 1. The molecule has 0 unspecified atom stereocenters. The Balaban J connectivity index is 2.75. The van der Waals surface area contributed by atoms with Gasteiger partial charge in [-0.3, -0.25) is 9.59 Å². The van der Waals surface area contributed by atoms with Gasteiger partial charge in [-0.05, 0) is 26.0 Å². The van der Waals surface area contributed by atoms with Crippen molar-refractivity contribution in [3.8, 4) is 0 Å². The van der Waals surface area contributed by atoms with Crippen molar-refractivity contribution in [1.29, 1.82) is 0 Å². The van der Waals surface area contributed by atoms with Crippen LogP contribution in [0.15, 0.2) is 18.3 Å². The van der Waals surface area contributed by atoms with Crippen LogP contribution in [0.25, 0.3) is 0 Å². The summed E-state index contributed by atoms with van der Waals surface area (Å²) in [6, 6.07) is 3.58. The zero-order valence-electron chi connectivity index (χ0n) is 10.2. The number of carbonyl (C=O) groups excluding carboxylic acids is 1. The van der Waals surface area contributed by atoms with Gasteiger partial charge < -0.3 is 14.6 Å². The lowest BCUT2D eigenvalue weighted by atomic mass is 10.3. The highest BCUT2D eigenvalue weighted by molar-refractivity contribution is 5.93. The lowest BCUT2D eigenvalue weighted by Crippen LogP contribution is -2.34. The Morgan fingerprint density at radius 2 is 2.12 bits per heavy atom. The maximum absolute atomic E-state index is 12.1. The van der Waals surface area contributed by atoms with Crippen LogP contribution in [0.4, 0.5) is 0 Å². The van der Waals surface area contributed by atoms with Crippen LogP contribution in [0.2, 0.25) is 0 Å². The van der Waals surface area contributed by atoms with Crippen molar-refractivity contribution in [3.05, 3.63) is 24.0 Å². The van der Waals surface area contributed by atoms with E-state index in [0.717, 1.165) is 6.54 Å². The number of aryl methyl sites for hydroxylation is 1. The molecule has 1 aromatic rings. The van der Waals surface area contributed by atoms with Gasteiger partial charge in [0, 0.05) is 25.8 Å². The summed E-state index contributed by atoms with van der Waals surface area (Å²) in [5.41, 5.74) is 0.611. The molecule has 0 aliphatic heterocycles. The highest BCUT2D eigenvalue weighted by Crippen LogP contribution is 2.07. The number of amides is 1. The summed E-state index contributed by atoms with van der Waals surface area (Å²) in [5, 5.41) is 8.63. The molecule has 1 aromatic heterocycles. The molecule has 94 valence electrons. The van der Waals surface area contributed by atoms with E-state index in [9.17, 15) is 9.59 Å². The van der Waals surface area contributed by atoms with Gasteiger partial charge in [0.15, 0.2) is 0 Å². The van der Waals surface area contributed by atoms with Crippen molar-refractivity contribution in [2.75, 3.05) is 13.1 Å². The number of carboxylic acids is 1. The molecule has 0 bridgehead atoms. The molecule has 1 heterocycles. The van der Waals surface area contributed by atoms with Gasteiger partial charge in [0.05, 0.1) is 6.42 Å².